The number of benzene rings is 3. The molecule has 0 spiro atoms. The summed E-state index contributed by atoms with van der Waals surface area (Å²) >= 11 is 0. The highest BCUT2D eigenvalue weighted by Crippen LogP contribution is 2.27. The fourth-order valence-corrected chi connectivity index (χ4v) is 5.06. The van der Waals surface area contributed by atoms with Crippen LogP contribution in [0.25, 0.3) is 16.7 Å². The SMILES string of the molecule is O=C(Cc1ccc(F)cc1)N1CCCN(c2nc(Cc3ccccc3)nc3c2cnn3-c2ccccc2)CC1. The van der Waals surface area contributed by atoms with Gasteiger partial charge in [0.25, 0.3) is 0 Å². The van der Waals surface area contributed by atoms with Gasteiger partial charge in [-0.15, -0.1) is 0 Å². The van der Waals surface area contributed by atoms with E-state index < -0.39 is 0 Å². The molecule has 7 nitrogen and oxygen atoms in total. The van der Waals surface area contributed by atoms with Gasteiger partial charge in [-0.2, -0.15) is 5.10 Å². The smallest absolute Gasteiger partial charge is 0.227 e. The number of hydrogen-bond donors (Lipinski definition) is 0. The van der Waals surface area contributed by atoms with Crippen LogP contribution in [-0.2, 0) is 17.6 Å². The number of aromatic nitrogens is 4. The van der Waals surface area contributed by atoms with E-state index in [1.54, 1.807) is 12.1 Å². The molecule has 196 valence electrons. The summed E-state index contributed by atoms with van der Waals surface area (Å²) in [5.74, 6) is 1.34. The summed E-state index contributed by atoms with van der Waals surface area (Å²) in [5, 5.41) is 5.58. The van der Waals surface area contributed by atoms with Gasteiger partial charge in [-0.1, -0.05) is 60.7 Å². The lowest BCUT2D eigenvalue weighted by atomic mass is 10.1. The second-order valence-corrected chi connectivity index (χ2v) is 9.78. The molecule has 1 amide bonds. The quantitative estimate of drug-likeness (QED) is 0.321. The Hall–Kier alpha value is -4.59. The van der Waals surface area contributed by atoms with E-state index in [9.17, 15) is 9.18 Å². The number of rotatable bonds is 6. The number of hydrogen-bond acceptors (Lipinski definition) is 5. The maximum Gasteiger partial charge on any atom is 0.227 e. The van der Waals surface area contributed by atoms with Crippen LogP contribution in [0.2, 0.25) is 0 Å². The highest BCUT2D eigenvalue weighted by molar-refractivity contribution is 5.88. The molecule has 6 rings (SSSR count). The van der Waals surface area contributed by atoms with Crippen molar-refractivity contribution in [2.45, 2.75) is 19.3 Å². The number of anilines is 1. The molecule has 0 N–H and O–H groups in total. The third kappa shape index (κ3) is 5.50. The molecule has 0 radical (unpaired) electrons. The van der Waals surface area contributed by atoms with Crippen molar-refractivity contribution in [2.24, 2.45) is 0 Å². The summed E-state index contributed by atoms with van der Waals surface area (Å²) in [6.45, 7) is 2.69. The molecule has 1 fully saturated rings. The van der Waals surface area contributed by atoms with Gasteiger partial charge >= 0.3 is 0 Å². The first-order valence-corrected chi connectivity index (χ1v) is 13.3. The van der Waals surface area contributed by atoms with Crippen molar-refractivity contribution >= 4 is 22.8 Å². The van der Waals surface area contributed by atoms with Crippen LogP contribution in [-0.4, -0.2) is 56.7 Å². The minimum absolute atomic E-state index is 0.0537. The zero-order chi connectivity index (χ0) is 26.6. The first-order valence-electron chi connectivity index (χ1n) is 13.3. The predicted molar refractivity (Wildman–Crippen MR) is 149 cm³/mol. The maximum atomic E-state index is 13.3. The van der Waals surface area contributed by atoms with E-state index in [2.05, 4.69) is 22.1 Å². The fourth-order valence-electron chi connectivity index (χ4n) is 5.06. The highest BCUT2D eigenvalue weighted by atomic mass is 19.1. The first-order chi connectivity index (χ1) is 19.1. The molecule has 1 saturated heterocycles. The zero-order valence-electron chi connectivity index (χ0n) is 21.6. The number of amides is 1. The lowest BCUT2D eigenvalue weighted by Gasteiger charge is -2.24. The van der Waals surface area contributed by atoms with Gasteiger partial charge in [0.2, 0.25) is 5.91 Å². The molecule has 0 aliphatic carbocycles. The van der Waals surface area contributed by atoms with Crippen LogP contribution in [0, 0.1) is 5.82 Å². The molecule has 1 aliphatic heterocycles. The average Bonchev–Trinajstić information content (AvgIpc) is 3.23. The van der Waals surface area contributed by atoms with Gasteiger partial charge in [0, 0.05) is 32.6 Å². The second-order valence-electron chi connectivity index (χ2n) is 9.78. The molecule has 0 atom stereocenters. The first kappa shape index (κ1) is 24.7. The Bertz CT molecular complexity index is 1570. The number of nitrogens with zero attached hydrogens (tertiary/aromatic N) is 6. The summed E-state index contributed by atoms with van der Waals surface area (Å²) in [7, 11) is 0. The Morgan fingerprint density at radius 3 is 2.31 bits per heavy atom. The number of halogens is 1. The molecular formula is C31H29FN6O. The molecule has 3 heterocycles. The van der Waals surface area contributed by atoms with Gasteiger partial charge in [-0.25, -0.2) is 19.0 Å². The van der Waals surface area contributed by atoms with Crippen LogP contribution in [0.15, 0.2) is 91.1 Å². The molecule has 0 unspecified atom stereocenters. The van der Waals surface area contributed by atoms with E-state index in [1.165, 1.54) is 12.1 Å². The summed E-state index contributed by atoms with van der Waals surface area (Å²) < 4.78 is 15.1. The highest BCUT2D eigenvalue weighted by Gasteiger charge is 2.24. The van der Waals surface area contributed by atoms with Gasteiger partial charge in [-0.3, -0.25) is 4.79 Å². The van der Waals surface area contributed by atoms with E-state index in [1.807, 2.05) is 64.3 Å². The van der Waals surface area contributed by atoms with E-state index in [-0.39, 0.29) is 18.1 Å². The van der Waals surface area contributed by atoms with Gasteiger partial charge < -0.3 is 9.80 Å². The Morgan fingerprint density at radius 2 is 1.54 bits per heavy atom. The lowest BCUT2D eigenvalue weighted by Crippen LogP contribution is -2.36. The number of para-hydroxylation sites is 1. The summed E-state index contributed by atoms with van der Waals surface area (Å²) in [4.78, 5) is 27.2. The monoisotopic (exact) mass is 520 g/mol. The fraction of sp³-hybridized carbons (Fsp3) is 0.226. The lowest BCUT2D eigenvalue weighted by molar-refractivity contribution is -0.130. The van der Waals surface area contributed by atoms with Crippen molar-refractivity contribution in [2.75, 3.05) is 31.1 Å². The van der Waals surface area contributed by atoms with E-state index >= 15 is 0 Å². The molecule has 5 aromatic rings. The van der Waals surface area contributed by atoms with Crippen molar-refractivity contribution in [3.63, 3.8) is 0 Å². The summed E-state index contributed by atoms with van der Waals surface area (Å²) in [6, 6.07) is 26.3. The zero-order valence-corrected chi connectivity index (χ0v) is 21.6. The normalized spacial score (nSPS) is 14.0. The van der Waals surface area contributed by atoms with Crippen molar-refractivity contribution in [3.8, 4) is 5.69 Å². The third-order valence-corrected chi connectivity index (χ3v) is 7.08. The standard InChI is InChI=1S/C31H29FN6O/c32-25-14-12-24(13-15-25)21-29(39)36-16-7-17-37(19-18-36)30-27-22-33-38(26-10-5-2-6-11-26)31(27)35-28(34-30)20-23-8-3-1-4-9-23/h1-6,8-15,22H,7,16-21H2. The number of carbonyl (C=O) groups excluding carboxylic acids is 1. The molecule has 1 aliphatic rings. The number of fused-ring (bicyclic) bond motifs is 1. The molecule has 0 saturated carbocycles. The van der Waals surface area contributed by atoms with Crippen molar-refractivity contribution in [3.05, 3.63) is 114 Å². The van der Waals surface area contributed by atoms with Crippen LogP contribution >= 0.6 is 0 Å². The van der Waals surface area contributed by atoms with E-state index in [4.69, 9.17) is 9.97 Å². The third-order valence-electron chi connectivity index (χ3n) is 7.08. The van der Waals surface area contributed by atoms with Crippen LogP contribution in [0.1, 0.15) is 23.4 Å². The Balaban J connectivity index is 1.29. The van der Waals surface area contributed by atoms with Gasteiger partial charge in [0.1, 0.15) is 17.5 Å². The Kier molecular flexibility index (Phi) is 6.99. The van der Waals surface area contributed by atoms with E-state index in [0.29, 0.717) is 26.1 Å². The second kappa shape index (κ2) is 11.0. The predicted octanol–water partition coefficient (Wildman–Crippen LogP) is 4.83. The van der Waals surface area contributed by atoms with Crippen LogP contribution < -0.4 is 4.90 Å². The van der Waals surface area contributed by atoms with Gasteiger partial charge in [0.05, 0.1) is 23.7 Å². The van der Waals surface area contributed by atoms with Gasteiger partial charge in [-0.05, 0) is 41.8 Å². The minimum atomic E-state index is -0.296. The molecule has 0 bridgehead atoms. The minimum Gasteiger partial charge on any atom is -0.354 e. The topological polar surface area (TPSA) is 67.2 Å². The van der Waals surface area contributed by atoms with Crippen molar-refractivity contribution in [1.29, 1.82) is 0 Å². The van der Waals surface area contributed by atoms with Crippen LogP contribution in [0.5, 0.6) is 0 Å². The number of carbonyl (C=O) groups is 1. The summed E-state index contributed by atoms with van der Waals surface area (Å²) in [5.41, 5.74) is 3.67. The Morgan fingerprint density at radius 1 is 0.795 bits per heavy atom. The van der Waals surface area contributed by atoms with Crippen molar-refractivity contribution in [1.82, 2.24) is 24.6 Å². The Labute approximate surface area is 226 Å². The van der Waals surface area contributed by atoms with Crippen molar-refractivity contribution < 1.29 is 9.18 Å². The molecule has 3 aromatic carbocycles. The van der Waals surface area contributed by atoms with Gasteiger partial charge in [0.15, 0.2) is 5.65 Å². The summed E-state index contributed by atoms with van der Waals surface area (Å²) in [6.07, 6.45) is 3.54. The molecular weight excluding hydrogens is 491 g/mol. The maximum absolute atomic E-state index is 13.3. The molecule has 2 aromatic heterocycles. The largest absolute Gasteiger partial charge is 0.354 e. The average molecular weight is 521 g/mol. The van der Waals surface area contributed by atoms with Crippen LogP contribution in [0.3, 0.4) is 0 Å². The van der Waals surface area contributed by atoms with E-state index in [0.717, 1.165) is 52.5 Å². The molecule has 8 heteroatoms. The van der Waals surface area contributed by atoms with Crippen LogP contribution in [0.4, 0.5) is 10.2 Å². The molecule has 39 heavy (non-hydrogen) atoms.